The van der Waals surface area contributed by atoms with Crippen LogP contribution in [0.5, 0.6) is 0 Å². The van der Waals surface area contributed by atoms with E-state index in [0.29, 0.717) is 16.7 Å². The van der Waals surface area contributed by atoms with Crippen molar-refractivity contribution in [3.8, 4) is 0 Å². The largest absolute Gasteiger partial charge is 0.272 e. The van der Waals surface area contributed by atoms with Gasteiger partial charge < -0.3 is 0 Å². The highest BCUT2D eigenvalue weighted by atomic mass is 16.6. The van der Waals surface area contributed by atoms with Gasteiger partial charge in [0.15, 0.2) is 0 Å². The van der Waals surface area contributed by atoms with E-state index in [9.17, 15) is 14.9 Å². The minimum absolute atomic E-state index is 0.0133. The van der Waals surface area contributed by atoms with Gasteiger partial charge in [0.25, 0.3) is 11.6 Å². The number of aryl methyl sites for hydroxylation is 1. The molecule has 2 aromatic rings. The number of benzene rings is 1. The summed E-state index contributed by atoms with van der Waals surface area (Å²) in [5, 5.41) is 14.6. The number of aromatic nitrogens is 1. The number of nitrogens with one attached hydrogen (secondary N) is 1. The topological polar surface area (TPSA) is 97.5 Å². The Morgan fingerprint density at radius 1 is 1.33 bits per heavy atom. The fourth-order valence-electron chi connectivity index (χ4n) is 1.64. The molecule has 1 amide bonds. The minimum Gasteiger partial charge on any atom is -0.267 e. The molecular formula is C14H12N4O3. The highest BCUT2D eigenvalue weighted by molar-refractivity contribution is 5.94. The highest BCUT2D eigenvalue weighted by Crippen LogP contribution is 2.18. The summed E-state index contributed by atoms with van der Waals surface area (Å²) in [4.78, 5) is 25.9. The van der Waals surface area contributed by atoms with E-state index in [0.717, 1.165) is 0 Å². The van der Waals surface area contributed by atoms with Crippen molar-refractivity contribution in [1.82, 2.24) is 10.4 Å². The average molecular weight is 284 g/mol. The number of nitrogens with zero attached hydrogens (tertiary/aromatic N) is 3. The molecule has 1 aromatic heterocycles. The highest BCUT2D eigenvalue weighted by Gasteiger charge is 2.10. The van der Waals surface area contributed by atoms with Crippen LogP contribution in [0.2, 0.25) is 0 Å². The van der Waals surface area contributed by atoms with Gasteiger partial charge >= 0.3 is 0 Å². The molecule has 21 heavy (non-hydrogen) atoms. The van der Waals surface area contributed by atoms with Gasteiger partial charge in [0.05, 0.1) is 11.1 Å². The van der Waals surface area contributed by atoms with Crippen molar-refractivity contribution in [1.29, 1.82) is 0 Å². The van der Waals surface area contributed by atoms with Crippen molar-refractivity contribution in [3.05, 3.63) is 69.5 Å². The number of hydrazone groups is 1. The third kappa shape index (κ3) is 3.69. The van der Waals surface area contributed by atoms with Gasteiger partial charge in [-0.25, -0.2) is 5.43 Å². The van der Waals surface area contributed by atoms with Gasteiger partial charge in [0.2, 0.25) is 0 Å². The third-order valence-corrected chi connectivity index (χ3v) is 2.75. The lowest BCUT2D eigenvalue weighted by Gasteiger charge is -2.00. The summed E-state index contributed by atoms with van der Waals surface area (Å²) < 4.78 is 0. The van der Waals surface area contributed by atoms with Crippen LogP contribution in [0.4, 0.5) is 5.69 Å². The van der Waals surface area contributed by atoms with Crippen molar-refractivity contribution < 1.29 is 9.72 Å². The summed E-state index contributed by atoms with van der Waals surface area (Å²) in [6, 6.07) is 7.83. The lowest BCUT2D eigenvalue weighted by molar-refractivity contribution is -0.385. The van der Waals surface area contributed by atoms with Crippen molar-refractivity contribution in [2.24, 2.45) is 5.10 Å². The van der Waals surface area contributed by atoms with Crippen molar-refractivity contribution in [3.63, 3.8) is 0 Å². The zero-order valence-electron chi connectivity index (χ0n) is 11.2. The van der Waals surface area contributed by atoms with Crippen LogP contribution < -0.4 is 5.43 Å². The molecule has 0 saturated heterocycles. The fourth-order valence-corrected chi connectivity index (χ4v) is 1.64. The van der Waals surface area contributed by atoms with E-state index >= 15 is 0 Å². The zero-order chi connectivity index (χ0) is 15.2. The second-order valence-electron chi connectivity index (χ2n) is 4.24. The van der Waals surface area contributed by atoms with Crippen LogP contribution in [0.15, 0.2) is 47.8 Å². The first-order valence-electron chi connectivity index (χ1n) is 6.06. The van der Waals surface area contributed by atoms with E-state index in [2.05, 4.69) is 15.5 Å². The number of hydrogen-bond donors (Lipinski definition) is 1. The average Bonchev–Trinajstić information content (AvgIpc) is 2.49. The maximum atomic E-state index is 11.7. The van der Waals surface area contributed by atoms with E-state index in [1.807, 2.05) is 0 Å². The number of nitro groups is 1. The molecule has 0 radical (unpaired) electrons. The van der Waals surface area contributed by atoms with Crippen LogP contribution >= 0.6 is 0 Å². The third-order valence-electron chi connectivity index (χ3n) is 2.75. The predicted octanol–water partition coefficient (Wildman–Crippen LogP) is 2.06. The van der Waals surface area contributed by atoms with Crippen LogP contribution in [-0.4, -0.2) is 22.0 Å². The number of hydrogen-bond acceptors (Lipinski definition) is 5. The summed E-state index contributed by atoms with van der Waals surface area (Å²) in [5.74, 6) is -0.379. The number of carbonyl (C=O) groups is 1. The van der Waals surface area contributed by atoms with E-state index in [-0.39, 0.29) is 11.6 Å². The van der Waals surface area contributed by atoms with Crippen molar-refractivity contribution >= 4 is 17.8 Å². The molecule has 106 valence electrons. The van der Waals surface area contributed by atoms with Gasteiger partial charge in [-0.05, 0) is 19.1 Å². The molecule has 0 fully saturated rings. The molecular weight excluding hydrogens is 272 g/mol. The number of carbonyl (C=O) groups excluding carboxylic acids is 1. The molecule has 0 unspecified atom stereocenters. The standard InChI is InChI=1S/C14H12N4O3/c1-10-2-3-11(8-13(10)18(20)21)9-16-17-14(19)12-4-6-15-7-5-12/h2-9H,1H3,(H,17,19)/b16-9+. The summed E-state index contributed by atoms with van der Waals surface area (Å²) in [6.45, 7) is 1.66. The van der Waals surface area contributed by atoms with Gasteiger partial charge in [0, 0.05) is 35.2 Å². The van der Waals surface area contributed by atoms with Crippen LogP contribution in [-0.2, 0) is 0 Å². The van der Waals surface area contributed by atoms with Gasteiger partial charge in [-0.1, -0.05) is 12.1 Å². The van der Waals surface area contributed by atoms with Crippen molar-refractivity contribution in [2.45, 2.75) is 6.92 Å². The maximum absolute atomic E-state index is 11.7. The van der Waals surface area contributed by atoms with Crippen LogP contribution in [0, 0.1) is 17.0 Å². The summed E-state index contributed by atoms with van der Waals surface area (Å²) >= 11 is 0. The van der Waals surface area contributed by atoms with Crippen LogP contribution in [0.3, 0.4) is 0 Å². The molecule has 0 atom stereocenters. The molecule has 0 aliphatic carbocycles. The molecule has 0 bridgehead atoms. The molecule has 1 aromatic carbocycles. The van der Waals surface area contributed by atoms with Gasteiger partial charge in [-0.15, -0.1) is 0 Å². The second-order valence-corrected chi connectivity index (χ2v) is 4.24. The summed E-state index contributed by atoms with van der Waals surface area (Å²) in [7, 11) is 0. The van der Waals surface area contributed by atoms with Gasteiger partial charge in [-0.2, -0.15) is 5.10 Å². The molecule has 0 aliphatic rings. The number of pyridine rings is 1. The Labute approximate surface area is 120 Å². The molecule has 0 aliphatic heterocycles. The smallest absolute Gasteiger partial charge is 0.267 e. The van der Waals surface area contributed by atoms with Gasteiger partial charge in [0.1, 0.15) is 0 Å². The van der Waals surface area contributed by atoms with E-state index in [4.69, 9.17) is 0 Å². The maximum Gasteiger partial charge on any atom is 0.272 e. The Balaban J connectivity index is 2.07. The van der Waals surface area contributed by atoms with Gasteiger partial charge in [-0.3, -0.25) is 19.9 Å². The Morgan fingerprint density at radius 3 is 2.71 bits per heavy atom. The predicted molar refractivity (Wildman–Crippen MR) is 77.1 cm³/mol. The number of amides is 1. The zero-order valence-corrected chi connectivity index (χ0v) is 11.2. The van der Waals surface area contributed by atoms with Crippen LogP contribution in [0.25, 0.3) is 0 Å². The molecule has 0 spiro atoms. The Hall–Kier alpha value is -3.09. The lowest BCUT2D eigenvalue weighted by atomic mass is 10.1. The molecule has 1 N–H and O–H groups in total. The van der Waals surface area contributed by atoms with Crippen molar-refractivity contribution in [2.75, 3.05) is 0 Å². The van der Waals surface area contributed by atoms with E-state index in [1.165, 1.54) is 24.7 Å². The van der Waals surface area contributed by atoms with E-state index in [1.54, 1.807) is 31.2 Å². The Kier molecular flexibility index (Phi) is 4.35. The SMILES string of the molecule is Cc1ccc(/C=N/NC(=O)c2ccncc2)cc1[N+](=O)[O-]. The monoisotopic (exact) mass is 284 g/mol. The minimum atomic E-state index is -0.456. The molecule has 1 heterocycles. The molecule has 7 heteroatoms. The number of nitro benzene ring substituents is 1. The summed E-state index contributed by atoms with van der Waals surface area (Å²) in [5.41, 5.74) is 3.88. The molecule has 7 nitrogen and oxygen atoms in total. The number of rotatable bonds is 4. The molecule has 0 saturated carbocycles. The second kappa shape index (κ2) is 6.38. The van der Waals surface area contributed by atoms with Crippen LogP contribution in [0.1, 0.15) is 21.5 Å². The van der Waals surface area contributed by atoms with E-state index < -0.39 is 4.92 Å². The Bertz CT molecular complexity index is 699. The summed E-state index contributed by atoms with van der Waals surface area (Å²) in [6.07, 6.45) is 4.36. The first kappa shape index (κ1) is 14.3. The normalized spacial score (nSPS) is 10.5. The first-order chi connectivity index (χ1) is 10.1. The fraction of sp³-hybridized carbons (Fsp3) is 0.0714. The Morgan fingerprint density at radius 2 is 2.05 bits per heavy atom. The molecule has 2 rings (SSSR count). The lowest BCUT2D eigenvalue weighted by Crippen LogP contribution is -2.17. The first-order valence-corrected chi connectivity index (χ1v) is 6.06. The quantitative estimate of drug-likeness (QED) is 0.528.